The van der Waals surface area contributed by atoms with Gasteiger partial charge in [-0.25, -0.2) is 12.8 Å². The Labute approximate surface area is 139 Å². The fourth-order valence-corrected chi connectivity index (χ4v) is 5.30. The van der Waals surface area contributed by atoms with Crippen LogP contribution < -0.4 is 10.5 Å². The monoisotopic (exact) mass is 412 g/mol. The Kier molecular flexibility index (Phi) is 4.94. The highest BCUT2D eigenvalue weighted by molar-refractivity contribution is 9.10. The number of benzene rings is 1. The molecule has 0 saturated heterocycles. The first-order valence-electron chi connectivity index (χ1n) is 5.71. The van der Waals surface area contributed by atoms with Gasteiger partial charge in [-0.2, -0.15) is 0 Å². The third kappa shape index (κ3) is 3.57. The van der Waals surface area contributed by atoms with Gasteiger partial charge in [0.15, 0.2) is 0 Å². The molecule has 0 amide bonds. The second-order valence-corrected chi connectivity index (χ2v) is 8.53. The lowest BCUT2D eigenvalue weighted by Crippen LogP contribution is -2.12. The molecule has 1 aromatic carbocycles. The van der Waals surface area contributed by atoms with Crippen molar-refractivity contribution in [2.75, 3.05) is 4.72 Å². The summed E-state index contributed by atoms with van der Waals surface area (Å²) in [4.78, 5) is 0.791. The van der Waals surface area contributed by atoms with Crippen LogP contribution in [-0.2, 0) is 16.6 Å². The number of halogens is 3. The maximum absolute atomic E-state index is 13.2. The van der Waals surface area contributed by atoms with Gasteiger partial charge >= 0.3 is 0 Å². The van der Waals surface area contributed by atoms with Crippen LogP contribution in [0.1, 0.15) is 10.4 Å². The van der Waals surface area contributed by atoms with Gasteiger partial charge in [-0.1, -0.05) is 11.6 Å². The molecule has 0 bridgehead atoms. The van der Waals surface area contributed by atoms with Gasteiger partial charge in [0.05, 0.1) is 10.7 Å². The normalized spacial score (nSPS) is 11.7. The average molecular weight is 414 g/mol. The summed E-state index contributed by atoms with van der Waals surface area (Å²) in [6.45, 7) is 2.06. The number of rotatable bonds is 4. The van der Waals surface area contributed by atoms with E-state index in [0.29, 0.717) is 0 Å². The van der Waals surface area contributed by atoms with Crippen LogP contribution >= 0.6 is 38.9 Å². The second-order valence-electron chi connectivity index (χ2n) is 4.23. The van der Waals surface area contributed by atoms with Crippen LogP contribution in [0.5, 0.6) is 0 Å². The highest BCUT2D eigenvalue weighted by Crippen LogP contribution is 2.35. The standard InChI is InChI=1S/C12H11BrClFN2O2S2/c1-6-2-11(20-10(6)5-16)21(18,19)17-12-8(13)3-7(15)4-9(12)14/h2-4,17H,5,16H2,1H3. The van der Waals surface area contributed by atoms with Gasteiger partial charge in [0, 0.05) is 15.9 Å². The topological polar surface area (TPSA) is 72.2 Å². The van der Waals surface area contributed by atoms with Crippen molar-refractivity contribution < 1.29 is 12.8 Å². The van der Waals surface area contributed by atoms with Crippen molar-refractivity contribution in [1.29, 1.82) is 0 Å². The molecule has 0 spiro atoms. The van der Waals surface area contributed by atoms with Crippen molar-refractivity contribution in [3.05, 3.63) is 44.0 Å². The number of aryl methyl sites for hydroxylation is 1. The van der Waals surface area contributed by atoms with E-state index >= 15 is 0 Å². The zero-order valence-electron chi connectivity index (χ0n) is 10.8. The Hall–Kier alpha value is -0.670. The fraction of sp³-hybridized carbons (Fsp3) is 0.167. The van der Waals surface area contributed by atoms with E-state index < -0.39 is 15.8 Å². The van der Waals surface area contributed by atoms with Crippen molar-refractivity contribution in [2.45, 2.75) is 17.7 Å². The summed E-state index contributed by atoms with van der Waals surface area (Å²) in [5.41, 5.74) is 6.46. The fourth-order valence-electron chi connectivity index (χ4n) is 1.65. The summed E-state index contributed by atoms with van der Waals surface area (Å²) < 4.78 is 40.6. The molecular weight excluding hydrogens is 403 g/mol. The Morgan fingerprint density at radius 3 is 2.62 bits per heavy atom. The van der Waals surface area contributed by atoms with E-state index in [1.165, 1.54) is 0 Å². The number of hydrogen-bond donors (Lipinski definition) is 2. The quantitative estimate of drug-likeness (QED) is 0.799. The molecule has 2 rings (SSSR count). The summed E-state index contributed by atoms with van der Waals surface area (Å²) in [6.07, 6.45) is 0. The lowest BCUT2D eigenvalue weighted by molar-refractivity contribution is 0.602. The molecule has 21 heavy (non-hydrogen) atoms. The highest BCUT2D eigenvalue weighted by atomic mass is 79.9. The number of hydrogen-bond acceptors (Lipinski definition) is 4. The summed E-state index contributed by atoms with van der Waals surface area (Å²) in [5, 5.41) is -0.0298. The SMILES string of the molecule is Cc1cc(S(=O)(=O)Nc2c(Cl)cc(F)cc2Br)sc1CN. The summed E-state index contributed by atoms with van der Waals surface area (Å²) >= 11 is 10.1. The maximum atomic E-state index is 13.2. The first-order valence-corrected chi connectivity index (χ1v) is 9.18. The van der Waals surface area contributed by atoms with Crippen LogP contribution in [0, 0.1) is 12.7 Å². The van der Waals surface area contributed by atoms with E-state index in [1.54, 1.807) is 13.0 Å². The van der Waals surface area contributed by atoms with E-state index in [9.17, 15) is 12.8 Å². The van der Waals surface area contributed by atoms with Gasteiger partial charge in [0.1, 0.15) is 10.0 Å². The molecule has 0 aliphatic carbocycles. The molecule has 0 unspecified atom stereocenters. The van der Waals surface area contributed by atoms with Crippen molar-refractivity contribution in [3.8, 4) is 0 Å². The molecule has 0 aliphatic rings. The third-order valence-corrected chi connectivity index (χ3v) is 6.70. The molecule has 0 saturated carbocycles. The molecule has 2 aromatic rings. The van der Waals surface area contributed by atoms with Gasteiger partial charge < -0.3 is 5.73 Å². The minimum absolute atomic E-state index is 0.0298. The molecule has 0 aliphatic heterocycles. The molecule has 0 atom stereocenters. The number of thiophene rings is 1. The van der Waals surface area contributed by atoms with Crippen LogP contribution in [0.3, 0.4) is 0 Å². The largest absolute Gasteiger partial charge is 0.326 e. The average Bonchev–Trinajstić information content (AvgIpc) is 2.76. The van der Waals surface area contributed by atoms with Gasteiger partial charge in [-0.3, -0.25) is 4.72 Å². The van der Waals surface area contributed by atoms with E-state index in [1.807, 2.05) is 0 Å². The Morgan fingerprint density at radius 1 is 1.43 bits per heavy atom. The molecule has 1 aromatic heterocycles. The zero-order valence-corrected chi connectivity index (χ0v) is 14.8. The van der Waals surface area contributed by atoms with Gasteiger partial charge in [-0.05, 0) is 46.6 Å². The molecule has 1 heterocycles. The predicted octanol–water partition coefficient (Wildman–Crippen LogP) is 3.87. The summed E-state index contributed by atoms with van der Waals surface area (Å²) in [5.74, 6) is -0.563. The minimum Gasteiger partial charge on any atom is -0.326 e. The van der Waals surface area contributed by atoms with E-state index in [-0.39, 0.29) is 25.9 Å². The number of sulfonamides is 1. The molecule has 9 heteroatoms. The van der Waals surface area contributed by atoms with Crippen LogP contribution in [0.25, 0.3) is 0 Å². The van der Waals surface area contributed by atoms with Crippen molar-refractivity contribution >= 4 is 54.6 Å². The van der Waals surface area contributed by atoms with Gasteiger partial charge in [0.25, 0.3) is 10.0 Å². The van der Waals surface area contributed by atoms with Crippen LogP contribution in [0.4, 0.5) is 10.1 Å². The lowest BCUT2D eigenvalue weighted by Gasteiger charge is -2.10. The number of anilines is 1. The zero-order chi connectivity index (χ0) is 15.8. The summed E-state index contributed by atoms with van der Waals surface area (Å²) in [7, 11) is -3.81. The van der Waals surface area contributed by atoms with E-state index in [2.05, 4.69) is 20.7 Å². The molecule has 4 nitrogen and oxygen atoms in total. The summed E-state index contributed by atoms with van der Waals surface area (Å²) in [6, 6.07) is 3.71. The van der Waals surface area contributed by atoms with Gasteiger partial charge in [0.2, 0.25) is 0 Å². The smallest absolute Gasteiger partial charge is 0.271 e. The van der Waals surface area contributed by atoms with E-state index in [0.717, 1.165) is 33.9 Å². The van der Waals surface area contributed by atoms with Crippen molar-refractivity contribution in [2.24, 2.45) is 5.73 Å². The van der Waals surface area contributed by atoms with Crippen LogP contribution in [0.2, 0.25) is 5.02 Å². The Bertz CT molecular complexity index is 770. The lowest BCUT2D eigenvalue weighted by atomic mass is 10.3. The first kappa shape index (κ1) is 16.7. The molecule has 3 N–H and O–H groups in total. The molecule has 114 valence electrons. The number of nitrogens with two attached hydrogens (primary N) is 1. The van der Waals surface area contributed by atoms with Crippen LogP contribution in [0.15, 0.2) is 26.9 Å². The Balaban J connectivity index is 2.42. The number of nitrogens with one attached hydrogen (secondary N) is 1. The van der Waals surface area contributed by atoms with Gasteiger partial charge in [-0.15, -0.1) is 11.3 Å². The predicted molar refractivity (Wildman–Crippen MR) is 86.9 cm³/mol. The molecule has 0 radical (unpaired) electrons. The maximum Gasteiger partial charge on any atom is 0.271 e. The third-order valence-electron chi connectivity index (χ3n) is 2.69. The molecule has 0 fully saturated rings. The first-order chi connectivity index (χ1) is 9.74. The second kappa shape index (κ2) is 6.21. The van der Waals surface area contributed by atoms with E-state index in [4.69, 9.17) is 17.3 Å². The van der Waals surface area contributed by atoms with Crippen LogP contribution in [-0.4, -0.2) is 8.42 Å². The molecular formula is C12H11BrClFN2O2S2. The highest BCUT2D eigenvalue weighted by Gasteiger charge is 2.21. The van der Waals surface area contributed by atoms with Crippen molar-refractivity contribution in [1.82, 2.24) is 0 Å². The minimum atomic E-state index is -3.81. The Morgan fingerprint density at radius 2 is 2.10 bits per heavy atom. The van der Waals surface area contributed by atoms with Crippen molar-refractivity contribution in [3.63, 3.8) is 0 Å².